The molecule has 6 nitrogen and oxygen atoms in total. The van der Waals surface area contributed by atoms with Crippen LogP contribution in [-0.2, 0) is 16.0 Å². The van der Waals surface area contributed by atoms with Gasteiger partial charge in [-0.15, -0.1) is 0 Å². The van der Waals surface area contributed by atoms with Crippen LogP contribution in [0, 0.1) is 0 Å². The molecule has 3 aromatic carbocycles. The maximum absolute atomic E-state index is 13.3. The standard InChI is InChI=1S/C25H24BrN3O3/c1-29(21-14-8-13-20(26)16-21)25(32)22(15-18-9-4-2-5-10-18)28-23(30)17-27-24(31)19-11-6-3-7-12-19/h2-14,16,22H,15,17H2,1H3,(H,27,31)(H,28,30). The number of benzene rings is 3. The predicted octanol–water partition coefficient (Wildman–Crippen LogP) is 3.57. The number of anilines is 1. The lowest BCUT2D eigenvalue weighted by atomic mass is 10.0. The molecule has 0 aliphatic carbocycles. The van der Waals surface area contributed by atoms with Gasteiger partial charge in [-0.1, -0.05) is 70.5 Å². The highest BCUT2D eigenvalue weighted by atomic mass is 79.9. The Labute approximate surface area is 195 Å². The second kappa shape index (κ2) is 11.2. The van der Waals surface area contributed by atoms with Crippen molar-refractivity contribution in [2.75, 3.05) is 18.5 Å². The van der Waals surface area contributed by atoms with Gasteiger partial charge >= 0.3 is 0 Å². The number of likely N-dealkylation sites (N-methyl/N-ethyl adjacent to an activating group) is 1. The summed E-state index contributed by atoms with van der Waals surface area (Å²) in [7, 11) is 1.67. The first-order valence-electron chi connectivity index (χ1n) is 10.1. The molecule has 7 heteroatoms. The summed E-state index contributed by atoms with van der Waals surface area (Å²) in [6, 6.07) is 24.7. The van der Waals surface area contributed by atoms with E-state index in [1.54, 1.807) is 31.3 Å². The fraction of sp³-hybridized carbons (Fsp3) is 0.160. The highest BCUT2D eigenvalue weighted by Gasteiger charge is 2.25. The zero-order valence-electron chi connectivity index (χ0n) is 17.6. The van der Waals surface area contributed by atoms with Crippen LogP contribution in [0.3, 0.4) is 0 Å². The van der Waals surface area contributed by atoms with Crippen molar-refractivity contribution in [3.05, 3.63) is 101 Å². The van der Waals surface area contributed by atoms with Gasteiger partial charge in [0.25, 0.3) is 5.91 Å². The van der Waals surface area contributed by atoms with Gasteiger partial charge in [0.1, 0.15) is 6.04 Å². The predicted molar refractivity (Wildman–Crippen MR) is 128 cm³/mol. The zero-order chi connectivity index (χ0) is 22.9. The van der Waals surface area contributed by atoms with E-state index < -0.39 is 11.9 Å². The molecule has 0 saturated heterocycles. The molecule has 3 rings (SSSR count). The molecule has 0 radical (unpaired) electrons. The minimum atomic E-state index is -0.789. The summed E-state index contributed by atoms with van der Waals surface area (Å²) in [6.45, 7) is -0.229. The lowest BCUT2D eigenvalue weighted by Gasteiger charge is -2.25. The van der Waals surface area contributed by atoms with E-state index in [0.717, 1.165) is 10.0 Å². The van der Waals surface area contributed by atoms with Gasteiger partial charge in [-0.25, -0.2) is 0 Å². The Balaban J connectivity index is 1.70. The van der Waals surface area contributed by atoms with Crippen LogP contribution >= 0.6 is 15.9 Å². The molecule has 0 heterocycles. The van der Waals surface area contributed by atoms with E-state index in [1.165, 1.54) is 4.90 Å². The molecular formula is C25H24BrN3O3. The highest BCUT2D eigenvalue weighted by Crippen LogP contribution is 2.20. The van der Waals surface area contributed by atoms with Crippen LogP contribution in [0.5, 0.6) is 0 Å². The number of carbonyl (C=O) groups is 3. The molecule has 0 spiro atoms. The van der Waals surface area contributed by atoms with Gasteiger partial charge in [-0.2, -0.15) is 0 Å². The van der Waals surface area contributed by atoms with E-state index in [-0.39, 0.29) is 18.4 Å². The van der Waals surface area contributed by atoms with E-state index >= 15 is 0 Å². The monoisotopic (exact) mass is 493 g/mol. The maximum Gasteiger partial charge on any atom is 0.251 e. The Morgan fingerprint density at radius 1 is 0.906 bits per heavy atom. The van der Waals surface area contributed by atoms with Crippen LogP contribution in [0.25, 0.3) is 0 Å². The molecule has 0 bridgehead atoms. The van der Waals surface area contributed by atoms with Crippen molar-refractivity contribution in [2.45, 2.75) is 12.5 Å². The number of hydrogen-bond donors (Lipinski definition) is 2. The van der Waals surface area contributed by atoms with Crippen LogP contribution in [0.1, 0.15) is 15.9 Å². The van der Waals surface area contributed by atoms with Crippen molar-refractivity contribution in [2.24, 2.45) is 0 Å². The van der Waals surface area contributed by atoms with Crippen molar-refractivity contribution in [3.8, 4) is 0 Å². The SMILES string of the molecule is CN(C(=O)C(Cc1ccccc1)NC(=O)CNC(=O)c1ccccc1)c1cccc(Br)c1. The maximum atomic E-state index is 13.3. The molecule has 3 aromatic rings. The number of hydrogen-bond acceptors (Lipinski definition) is 3. The van der Waals surface area contributed by atoms with Gasteiger partial charge < -0.3 is 15.5 Å². The Hall–Kier alpha value is -3.45. The summed E-state index contributed by atoms with van der Waals surface area (Å²) in [5.41, 5.74) is 2.09. The number of rotatable bonds is 8. The van der Waals surface area contributed by atoms with Gasteiger partial charge in [0.05, 0.1) is 6.54 Å². The van der Waals surface area contributed by atoms with Gasteiger partial charge in [-0.3, -0.25) is 14.4 Å². The third-order valence-corrected chi connectivity index (χ3v) is 5.38. The number of halogens is 1. The molecule has 164 valence electrons. The summed E-state index contributed by atoms with van der Waals surface area (Å²) in [5, 5.41) is 5.37. The minimum Gasteiger partial charge on any atom is -0.343 e. The molecule has 2 N–H and O–H groups in total. The summed E-state index contributed by atoms with van der Waals surface area (Å²) in [6.07, 6.45) is 0.330. The molecular weight excluding hydrogens is 470 g/mol. The first-order valence-corrected chi connectivity index (χ1v) is 10.9. The van der Waals surface area contributed by atoms with Crippen LogP contribution < -0.4 is 15.5 Å². The highest BCUT2D eigenvalue weighted by molar-refractivity contribution is 9.10. The molecule has 0 saturated carbocycles. The molecule has 3 amide bonds. The Morgan fingerprint density at radius 3 is 2.22 bits per heavy atom. The molecule has 0 aliphatic rings. The fourth-order valence-corrected chi connectivity index (χ4v) is 3.58. The quantitative estimate of drug-likeness (QED) is 0.503. The number of nitrogens with one attached hydrogen (secondary N) is 2. The number of amides is 3. The molecule has 0 fully saturated rings. The van der Waals surface area contributed by atoms with E-state index in [0.29, 0.717) is 17.7 Å². The second-order valence-corrected chi connectivity index (χ2v) is 8.15. The minimum absolute atomic E-state index is 0.229. The number of carbonyl (C=O) groups excluding carboxylic acids is 3. The Kier molecular flexibility index (Phi) is 8.16. The number of nitrogens with zero attached hydrogens (tertiary/aromatic N) is 1. The molecule has 0 aromatic heterocycles. The summed E-state index contributed by atoms with van der Waals surface area (Å²) < 4.78 is 0.849. The lowest BCUT2D eigenvalue weighted by Crippen LogP contribution is -2.51. The van der Waals surface area contributed by atoms with Crippen molar-refractivity contribution in [3.63, 3.8) is 0 Å². The smallest absolute Gasteiger partial charge is 0.251 e. The van der Waals surface area contributed by atoms with E-state index in [2.05, 4.69) is 26.6 Å². The molecule has 32 heavy (non-hydrogen) atoms. The van der Waals surface area contributed by atoms with Crippen LogP contribution in [-0.4, -0.2) is 37.4 Å². The normalized spacial score (nSPS) is 11.3. The third-order valence-electron chi connectivity index (χ3n) is 4.89. The van der Waals surface area contributed by atoms with Crippen LogP contribution in [0.15, 0.2) is 89.4 Å². The van der Waals surface area contributed by atoms with Gasteiger partial charge in [0.15, 0.2) is 0 Å². The average Bonchev–Trinajstić information content (AvgIpc) is 2.82. The fourth-order valence-electron chi connectivity index (χ4n) is 3.19. The molecule has 1 atom stereocenters. The summed E-state index contributed by atoms with van der Waals surface area (Å²) in [5.74, 6) is -1.04. The van der Waals surface area contributed by atoms with E-state index in [4.69, 9.17) is 0 Å². The lowest BCUT2D eigenvalue weighted by molar-refractivity contribution is -0.126. The summed E-state index contributed by atoms with van der Waals surface area (Å²) in [4.78, 5) is 39.6. The van der Waals surface area contributed by atoms with Crippen LogP contribution in [0.2, 0.25) is 0 Å². The topological polar surface area (TPSA) is 78.5 Å². The second-order valence-electron chi connectivity index (χ2n) is 7.24. The van der Waals surface area contributed by atoms with Gasteiger partial charge in [0.2, 0.25) is 11.8 Å². The molecule has 0 aliphatic heterocycles. The van der Waals surface area contributed by atoms with Gasteiger partial charge in [0, 0.05) is 29.2 Å². The van der Waals surface area contributed by atoms with Crippen molar-refractivity contribution >= 4 is 39.3 Å². The zero-order valence-corrected chi connectivity index (χ0v) is 19.2. The van der Waals surface area contributed by atoms with E-state index in [9.17, 15) is 14.4 Å². The van der Waals surface area contributed by atoms with Gasteiger partial charge in [-0.05, 0) is 35.9 Å². The largest absolute Gasteiger partial charge is 0.343 e. The van der Waals surface area contributed by atoms with Crippen molar-refractivity contribution in [1.82, 2.24) is 10.6 Å². The average molecular weight is 494 g/mol. The third kappa shape index (κ3) is 6.52. The van der Waals surface area contributed by atoms with Crippen molar-refractivity contribution in [1.29, 1.82) is 0 Å². The van der Waals surface area contributed by atoms with Crippen molar-refractivity contribution < 1.29 is 14.4 Å². The first kappa shape index (κ1) is 23.2. The first-order chi connectivity index (χ1) is 15.4. The molecule has 1 unspecified atom stereocenters. The van der Waals surface area contributed by atoms with E-state index in [1.807, 2.05) is 60.7 Å². The Bertz CT molecular complexity index is 1070. The van der Waals surface area contributed by atoms with Crippen LogP contribution in [0.4, 0.5) is 5.69 Å². The Morgan fingerprint density at radius 2 is 1.56 bits per heavy atom. The summed E-state index contributed by atoms with van der Waals surface area (Å²) >= 11 is 3.42.